The van der Waals surface area contributed by atoms with Crippen molar-refractivity contribution in [1.29, 1.82) is 0 Å². The lowest BCUT2D eigenvalue weighted by Crippen LogP contribution is -2.48. The number of alkyl halides is 2. The van der Waals surface area contributed by atoms with Crippen LogP contribution in [0.1, 0.15) is 78.6 Å². The number of aromatic nitrogens is 2. The lowest BCUT2D eigenvalue weighted by Gasteiger charge is -2.46. The van der Waals surface area contributed by atoms with Crippen LogP contribution in [0, 0.1) is 17.7 Å². The van der Waals surface area contributed by atoms with E-state index in [9.17, 15) is 28.2 Å². The Kier molecular flexibility index (Phi) is 7.95. The Hall–Kier alpha value is -3.48. The molecule has 0 spiro atoms. The highest BCUT2D eigenvalue weighted by Crippen LogP contribution is 2.50. The smallest absolute Gasteiger partial charge is 0.387 e. The van der Waals surface area contributed by atoms with Crippen molar-refractivity contribution in [1.82, 2.24) is 10.1 Å². The van der Waals surface area contributed by atoms with Crippen molar-refractivity contribution in [3.63, 3.8) is 0 Å². The summed E-state index contributed by atoms with van der Waals surface area (Å²) in [6.45, 7) is 1.02. The fourth-order valence-electron chi connectivity index (χ4n) is 6.25. The molecule has 2 N–H and O–H groups in total. The molecule has 2 saturated carbocycles. The zero-order valence-corrected chi connectivity index (χ0v) is 24.4. The van der Waals surface area contributed by atoms with Gasteiger partial charge in [0.25, 0.3) is 0 Å². The highest BCUT2D eigenvalue weighted by Gasteiger charge is 2.50. The van der Waals surface area contributed by atoms with Gasteiger partial charge in [-0.3, -0.25) is 0 Å². The number of ether oxygens (including phenoxy) is 2. The highest BCUT2D eigenvalue weighted by molar-refractivity contribution is 7.18. The van der Waals surface area contributed by atoms with E-state index in [2.05, 4.69) is 10.1 Å². The summed E-state index contributed by atoms with van der Waals surface area (Å²) in [7, 11) is 0. The molecule has 0 saturated heterocycles. The van der Waals surface area contributed by atoms with Gasteiger partial charge in [-0.15, -0.1) is 11.3 Å². The number of para-hydroxylation sites is 1. The molecular formula is C31H31F3N2O6S. The maximum absolute atomic E-state index is 14.7. The third-order valence-corrected chi connectivity index (χ3v) is 9.80. The Morgan fingerprint density at radius 2 is 2.00 bits per heavy atom. The summed E-state index contributed by atoms with van der Waals surface area (Å²) in [4.78, 5) is 15.9. The normalized spacial score (nSPS) is 24.1. The van der Waals surface area contributed by atoms with E-state index in [1.54, 1.807) is 18.2 Å². The lowest BCUT2D eigenvalue weighted by molar-refractivity contribution is -0.141. The number of carboxylic acids is 1. The largest absolute Gasteiger partial charge is 0.478 e. The molecule has 2 aliphatic carbocycles. The second kappa shape index (κ2) is 11.5. The van der Waals surface area contributed by atoms with E-state index in [4.69, 9.17) is 14.0 Å². The molecule has 2 heterocycles. The summed E-state index contributed by atoms with van der Waals surface area (Å²) in [5, 5.41) is 26.0. The number of hydrogen-bond acceptors (Lipinski definition) is 8. The SMILES string of the molecule is CC[C@@H]1C[C@@H](OCc2c(-c3ccccc3OC(F)F)noc2C2CC2)C[C@H](C)[C@]1(O)c1nc2c(F)cc(C(=O)O)cc2s1. The first-order chi connectivity index (χ1) is 20.6. The minimum atomic E-state index is -2.99. The zero-order chi connectivity index (χ0) is 30.5. The summed E-state index contributed by atoms with van der Waals surface area (Å²) in [5.74, 6) is -1.68. The van der Waals surface area contributed by atoms with E-state index in [1.807, 2.05) is 13.8 Å². The molecule has 2 aliphatic rings. The van der Waals surface area contributed by atoms with Crippen LogP contribution in [0.2, 0.25) is 0 Å². The zero-order valence-electron chi connectivity index (χ0n) is 23.6. The monoisotopic (exact) mass is 616 g/mol. The number of rotatable bonds is 10. The number of aromatic carboxylic acids is 1. The quantitative estimate of drug-likeness (QED) is 0.188. The number of aliphatic hydroxyl groups is 1. The Balaban J connectivity index is 1.25. The maximum Gasteiger partial charge on any atom is 0.387 e. The van der Waals surface area contributed by atoms with Gasteiger partial charge in [0, 0.05) is 17.0 Å². The number of nitrogens with zero attached hydrogens (tertiary/aromatic N) is 2. The van der Waals surface area contributed by atoms with Gasteiger partial charge >= 0.3 is 12.6 Å². The summed E-state index contributed by atoms with van der Waals surface area (Å²) in [6.07, 6.45) is 3.23. The van der Waals surface area contributed by atoms with Gasteiger partial charge in [0.1, 0.15) is 33.3 Å². The van der Waals surface area contributed by atoms with Gasteiger partial charge in [0.15, 0.2) is 5.82 Å². The van der Waals surface area contributed by atoms with Crippen LogP contribution in [-0.4, -0.2) is 39.0 Å². The van der Waals surface area contributed by atoms with Crippen molar-refractivity contribution in [3.05, 3.63) is 64.1 Å². The molecular weight excluding hydrogens is 585 g/mol. The van der Waals surface area contributed by atoms with E-state index in [0.29, 0.717) is 51.6 Å². The summed E-state index contributed by atoms with van der Waals surface area (Å²) in [5.41, 5.74) is 0.00677. The molecule has 0 radical (unpaired) electrons. The molecule has 0 bridgehead atoms. The average molecular weight is 617 g/mol. The van der Waals surface area contributed by atoms with E-state index in [1.165, 1.54) is 12.1 Å². The first-order valence-corrected chi connectivity index (χ1v) is 15.1. The van der Waals surface area contributed by atoms with Crippen LogP contribution in [0.4, 0.5) is 13.2 Å². The van der Waals surface area contributed by atoms with Crippen LogP contribution in [-0.2, 0) is 16.9 Å². The molecule has 0 unspecified atom stereocenters. The van der Waals surface area contributed by atoms with Crippen molar-refractivity contribution < 1.29 is 42.2 Å². The lowest BCUT2D eigenvalue weighted by atomic mass is 9.67. The number of fused-ring (bicyclic) bond motifs is 1. The van der Waals surface area contributed by atoms with Crippen LogP contribution < -0.4 is 4.74 Å². The third-order valence-electron chi connectivity index (χ3n) is 8.66. The van der Waals surface area contributed by atoms with Crippen LogP contribution in [0.5, 0.6) is 5.75 Å². The average Bonchev–Trinajstić information content (AvgIpc) is 3.57. The first-order valence-electron chi connectivity index (χ1n) is 14.3. The summed E-state index contributed by atoms with van der Waals surface area (Å²) >= 11 is 1.11. The Morgan fingerprint density at radius 3 is 2.70 bits per heavy atom. The minimum Gasteiger partial charge on any atom is -0.478 e. The first kappa shape index (κ1) is 29.6. The standard InChI is InChI=1S/C31H31F3N2O6S/c1-3-18-13-19(10-15(2)31(18,39)29-35-26-22(32)11-17(28(37)38)12-24(26)43-29)40-14-21-25(36-42-27(21)16-8-9-16)20-6-4-5-7-23(20)41-30(33)34/h4-7,11-12,15-16,18-19,30,39H,3,8-10,13-14H2,1-2H3,(H,37,38)/t15-,18+,19-,31+/m0/s1. The van der Waals surface area contributed by atoms with Crippen molar-refractivity contribution >= 4 is 27.5 Å². The molecule has 4 atom stereocenters. The van der Waals surface area contributed by atoms with E-state index >= 15 is 0 Å². The molecule has 12 heteroatoms. The summed E-state index contributed by atoms with van der Waals surface area (Å²) < 4.78 is 58.2. The molecule has 0 amide bonds. The Morgan fingerprint density at radius 1 is 1.23 bits per heavy atom. The van der Waals surface area contributed by atoms with Crippen molar-refractivity contribution in [2.24, 2.45) is 11.8 Å². The molecule has 8 nitrogen and oxygen atoms in total. The fourth-order valence-corrected chi connectivity index (χ4v) is 7.56. The highest BCUT2D eigenvalue weighted by atomic mass is 32.1. The van der Waals surface area contributed by atoms with Crippen LogP contribution in [0.15, 0.2) is 40.9 Å². The van der Waals surface area contributed by atoms with Gasteiger partial charge in [-0.25, -0.2) is 14.2 Å². The van der Waals surface area contributed by atoms with Crippen LogP contribution in [0.3, 0.4) is 0 Å². The van der Waals surface area contributed by atoms with Crippen molar-refractivity contribution in [3.8, 4) is 17.0 Å². The molecule has 0 aliphatic heterocycles. The number of carboxylic acid groups (broad SMARTS) is 1. The maximum atomic E-state index is 14.7. The summed E-state index contributed by atoms with van der Waals surface area (Å²) in [6, 6.07) is 8.77. The fraction of sp³-hybridized carbons (Fsp3) is 0.452. The van der Waals surface area contributed by atoms with Gasteiger partial charge in [0.05, 0.1) is 23.0 Å². The molecule has 228 valence electrons. The third kappa shape index (κ3) is 5.51. The predicted octanol–water partition coefficient (Wildman–Crippen LogP) is 7.50. The van der Waals surface area contributed by atoms with E-state index in [-0.39, 0.29) is 47.3 Å². The number of thiazole rings is 1. The van der Waals surface area contributed by atoms with Gasteiger partial charge in [-0.05, 0) is 61.8 Å². The Labute approximate surface area is 249 Å². The molecule has 4 aromatic rings. The van der Waals surface area contributed by atoms with Crippen molar-refractivity contribution in [2.75, 3.05) is 0 Å². The van der Waals surface area contributed by atoms with E-state index < -0.39 is 24.0 Å². The van der Waals surface area contributed by atoms with Crippen molar-refractivity contribution in [2.45, 2.75) is 76.8 Å². The van der Waals surface area contributed by atoms with E-state index in [0.717, 1.165) is 30.2 Å². The van der Waals surface area contributed by atoms with Crippen LogP contribution >= 0.6 is 11.3 Å². The molecule has 43 heavy (non-hydrogen) atoms. The van der Waals surface area contributed by atoms with Gasteiger partial charge < -0.3 is 24.2 Å². The molecule has 6 rings (SSSR count). The van der Waals surface area contributed by atoms with Crippen LogP contribution in [0.25, 0.3) is 21.5 Å². The van der Waals surface area contributed by atoms with Gasteiger partial charge in [-0.2, -0.15) is 8.78 Å². The molecule has 2 aromatic heterocycles. The predicted molar refractivity (Wildman–Crippen MR) is 152 cm³/mol. The number of benzene rings is 2. The number of halogens is 3. The second-order valence-electron chi connectivity index (χ2n) is 11.4. The molecule has 2 aromatic carbocycles. The number of carbonyl (C=O) groups is 1. The number of hydrogen-bond donors (Lipinski definition) is 2. The molecule has 2 fully saturated rings. The minimum absolute atomic E-state index is 0.000423. The van der Waals surface area contributed by atoms with Gasteiger partial charge in [-0.1, -0.05) is 37.6 Å². The topological polar surface area (TPSA) is 115 Å². The van der Waals surface area contributed by atoms with Gasteiger partial charge in [0.2, 0.25) is 0 Å². The second-order valence-corrected chi connectivity index (χ2v) is 12.4. The Bertz CT molecular complexity index is 1650.